The van der Waals surface area contributed by atoms with Crippen LogP contribution in [0.2, 0.25) is 0 Å². The molecule has 1 aliphatic heterocycles. The highest BCUT2D eigenvalue weighted by Gasteiger charge is 2.25. The van der Waals surface area contributed by atoms with Crippen molar-refractivity contribution in [3.8, 4) is 0 Å². The molecule has 0 bridgehead atoms. The third kappa shape index (κ3) is 2.34. The highest BCUT2D eigenvalue weighted by atomic mass is 16.2. The van der Waals surface area contributed by atoms with Crippen LogP contribution in [0.15, 0.2) is 18.2 Å². The maximum Gasteiger partial charge on any atom is 0.225 e. The van der Waals surface area contributed by atoms with Crippen molar-refractivity contribution in [3.05, 3.63) is 34.9 Å². The molecule has 2 rings (SSSR count). The number of rotatable bonds is 2. The largest absolute Gasteiger partial charge is 0.334 e. The van der Waals surface area contributed by atoms with Crippen LogP contribution in [-0.2, 0) is 17.9 Å². The summed E-state index contributed by atoms with van der Waals surface area (Å²) in [7, 11) is 0. The van der Waals surface area contributed by atoms with Gasteiger partial charge in [0, 0.05) is 25.0 Å². The molecule has 0 aliphatic carbocycles. The maximum atomic E-state index is 11.9. The van der Waals surface area contributed by atoms with Gasteiger partial charge in [-0.25, -0.2) is 0 Å². The van der Waals surface area contributed by atoms with E-state index in [1.807, 2.05) is 25.7 Å². The SMILES string of the molecule is CC(C)C(=O)N1Cc2ccc(C(C)N)cc2C1. The fourth-order valence-corrected chi connectivity index (χ4v) is 2.22. The molecule has 3 heteroatoms. The van der Waals surface area contributed by atoms with E-state index in [4.69, 9.17) is 5.73 Å². The Labute approximate surface area is 103 Å². The summed E-state index contributed by atoms with van der Waals surface area (Å²) in [5.74, 6) is 0.292. The Morgan fingerprint density at radius 3 is 2.47 bits per heavy atom. The van der Waals surface area contributed by atoms with Crippen LogP contribution in [-0.4, -0.2) is 10.8 Å². The van der Waals surface area contributed by atoms with E-state index < -0.39 is 0 Å². The fraction of sp³-hybridized carbons (Fsp3) is 0.500. The molecule has 0 aromatic heterocycles. The maximum absolute atomic E-state index is 11.9. The van der Waals surface area contributed by atoms with Gasteiger partial charge in [0.05, 0.1) is 0 Å². The van der Waals surface area contributed by atoms with Crippen LogP contribution in [0, 0.1) is 5.92 Å². The van der Waals surface area contributed by atoms with Gasteiger partial charge in [0.15, 0.2) is 0 Å². The van der Waals surface area contributed by atoms with Gasteiger partial charge in [-0.15, -0.1) is 0 Å². The number of nitrogens with two attached hydrogens (primary N) is 1. The summed E-state index contributed by atoms with van der Waals surface area (Å²) in [6.45, 7) is 7.34. The molecule has 1 aliphatic rings. The first-order valence-electron chi connectivity index (χ1n) is 6.15. The topological polar surface area (TPSA) is 46.3 Å². The number of nitrogens with zero attached hydrogens (tertiary/aromatic N) is 1. The predicted molar refractivity (Wildman–Crippen MR) is 68.1 cm³/mol. The number of benzene rings is 1. The van der Waals surface area contributed by atoms with Gasteiger partial charge in [-0.05, 0) is 23.6 Å². The van der Waals surface area contributed by atoms with Crippen molar-refractivity contribution in [1.29, 1.82) is 0 Å². The molecule has 3 nitrogen and oxygen atoms in total. The molecule has 0 saturated carbocycles. The van der Waals surface area contributed by atoms with Crippen molar-refractivity contribution in [3.63, 3.8) is 0 Å². The van der Waals surface area contributed by atoms with E-state index in [2.05, 4.69) is 18.2 Å². The molecule has 1 atom stereocenters. The second-order valence-corrected chi connectivity index (χ2v) is 5.17. The standard InChI is InChI=1S/C14H20N2O/c1-9(2)14(17)16-7-12-5-4-11(10(3)15)6-13(12)8-16/h4-6,9-10H,7-8,15H2,1-3H3. The minimum Gasteiger partial charge on any atom is -0.334 e. The van der Waals surface area contributed by atoms with Crippen LogP contribution in [0.4, 0.5) is 0 Å². The van der Waals surface area contributed by atoms with Gasteiger partial charge in [-0.2, -0.15) is 0 Å². The van der Waals surface area contributed by atoms with E-state index in [1.54, 1.807) is 0 Å². The van der Waals surface area contributed by atoms with E-state index in [9.17, 15) is 4.79 Å². The third-order valence-electron chi connectivity index (χ3n) is 3.28. The zero-order chi connectivity index (χ0) is 12.6. The predicted octanol–water partition coefficient (Wildman–Crippen LogP) is 2.20. The van der Waals surface area contributed by atoms with Crippen molar-refractivity contribution in [2.45, 2.75) is 39.9 Å². The van der Waals surface area contributed by atoms with Crippen LogP contribution in [0.1, 0.15) is 43.5 Å². The third-order valence-corrected chi connectivity index (χ3v) is 3.28. The minimum absolute atomic E-state index is 0.0511. The van der Waals surface area contributed by atoms with Gasteiger partial charge >= 0.3 is 0 Å². The van der Waals surface area contributed by atoms with Crippen molar-refractivity contribution >= 4 is 5.91 Å². The van der Waals surface area contributed by atoms with Gasteiger partial charge in [0.1, 0.15) is 0 Å². The Balaban J connectivity index is 2.19. The van der Waals surface area contributed by atoms with E-state index in [0.29, 0.717) is 0 Å². The average molecular weight is 232 g/mol. The lowest BCUT2D eigenvalue weighted by Gasteiger charge is -2.17. The van der Waals surface area contributed by atoms with Gasteiger partial charge < -0.3 is 10.6 Å². The van der Waals surface area contributed by atoms with E-state index in [1.165, 1.54) is 11.1 Å². The van der Waals surface area contributed by atoms with Crippen LogP contribution in [0.25, 0.3) is 0 Å². The lowest BCUT2D eigenvalue weighted by Crippen LogP contribution is -2.29. The Morgan fingerprint density at radius 2 is 1.88 bits per heavy atom. The Bertz CT molecular complexity index is 438. The first-order chi connectivity index (χ1) is 7.99. The van der Waals surface area contributed by atoms with E-state index in [0.717, 1.165) is 18.7 Å². The van der Waals surface area contributed by atoms with Crippen LogP contribution in [0.5, 0.6) is 0 Å². The Kier molecular flexibility index (Phi) is 3.20. The summed E-state index contributed by atoms with van der Waals surface area (Å²) in [5.41, 5.74) is 9.51. The van der Waals surface area contributed by atoms with E-state index in [-0.39, 0.29) is 17.9 Å². The number of hydrogen-bond acceptors (Lipinski definition) is 2. The first kappa shape index (κ1) is 12.1. The summed E-state index contributed by atoms with van der Waals surface area (Å²) < 4.78 is 0. The monoisotopic (exact) mass is 232 g/mol. The molecule has 0 radical (unpaired) electrons. The number of carbonyl (C=O) groups excluding carboxylic acids is 1. The van der Waals surface area contributed by atoms with Crippen LogP contribution >= 0.6 is 0 Å². The van der Waals surface area contributed by atoms with Crippen molar-refractivity contribution in [1.82, 2.24) is 4.90 Å². The fourth-order valence-electron chi connectivity index (χ4n) is 2.22. The number of carbonyl (C=O) groups is 1. The molecule has 1 heterocycles. The molecule has 1 aromatic rings. The molecular weight excluding hydrogens is 212 g/mol. The van der Waals surface area contributed by atoms with Gasteiger partial charge in [-0.1, -0.05) is 32.0 Å². The van der Waals surface area contributed by atoms with Crippen molar-refractivity contribution < 1.29 is 4.79 Å². The molecule has 2 N–H and O–H groups in total. The molecule has 92 valence electrons. The number of amides is 1. The summed E-state index contributed by atoms with van der Waals surface area (Å²) in [4.78, 5) is 13.9. The summed E-state index contributed by atoms with van der Waals surface area (Å²) in [5, 5.41) is 0. The zero-order valence-electron chi connectivity index (χ0n) is 10.7. The second-order valence-electron chi connectivity index (χ2n) is 5.17. The van der Waals surface area contributed by atoms with Gasteiger partial charge in [0.2, 0.25) is 5.91 Å². The molecule has 0 fully saturated rings. The molecular formula is C14H20N2O. The molecule has 17 heavy (non-hydrogen) atoms. The summed E-state index contributed by atoms with van der Waals surface area (Å²) in [6.07, 6.45) is 0. The highest BCUT2D eigenvalue weighted by Crippen LogP contribution is 2.26. The molecule has 0 spiro atoms. The van der Waals surface area contributed by atoms with Crippen molar-refractivity contribution in [2.75, 3.05) is 0 Å². The molecule has 0 saturated heterocycles. The second kappa shape index (κ2) is 4.49. The average Bonchev–Trinajstić information content (AvgIpc) is 2.69. The number of hydrogen-bond donors (Lipinski definition) is 1. The van der Waals surface area contributed by atoms with Crippen molar-refractivity contribution in [2.24, 2.45) is 11.7 Å². The van der Waals surface area contributed by atoms with Gasteiger partial charge in [0.25, 0.3) is 0 Å². The highest BCUT2D eigenvalue weighted by molar-refractivity contribution is 5.78. The lowest BCUT2D eigenvalue weighted by atomic mass is 10.0. The smallest absolute Gasteiger partial charge is 0.225 e. The first-order valence-corrected chi connectivity index (χ1v) is 6.15. The van der Waals surface area contributed by atoms with Crippen LogP contribution in [0.3, 0.4) is 0 Å². The molecule has 1 unspecified atom stereocenters. The molecule has 1 amide bonds. The summed E-state index contributed by atoms with van der Waals surface area (Å²) >= 11 is 0. The molecule has 1 aromatic carbocycles. The van der Waals surface area contributed by atoms with E-state index >= 15 is 0 Å². The summed E-state index contributed by atoms with van der Waals surface area (Å²) in [6, 6.07) is 6.34. The zero-order valence-corrected chi connectivity index (χ0v) is 10.7. The lowest BCUT2D eigenvalue weighted by molar-refractivity contribution is -0.135. The quantitative estimate of drug-likeness (QED) is 0.849. The normalized spacial score (nSPS) is 16.2. The Hall–Kier alpha value is -1.35. The van der Waals surface area contributed by atoms with Gasteiger partial charge in [-0.3, -0.25) is 4.79 Å². The minimum atomic E-state index is 0.0511. The Morgan fingerprint density at radius 1 is 1.24 bits per heavy atom. The van der Waals surface area contributed by atoms with Crippen LogP contribution < -0.4 is 5.73 Å². The number of fused-ring (bicyclic) bond motifs is 1.